The smallest absolute Gasteiger partial charge is 0.245 e. The van der Waals surface area contributed by atoms with Crippen LogP contribution in [0.25, 0.3) is 0 Å². The summed E-state index contributed by atoms with van der Waals surface area (Å²) in [7, 11) is -3.53. The molecule has 0 saturated heterocycles. The van der Waals surface area contributed by atoms with Gasteiger partial charge in [-0.3, -0.25) is 0 Å². The van der Waals surface area contributed by atoms with Gasteiger partial charge in [0, 0.05) is 6.54 Å². The molecule has 1 aromatic rings. The number of nitrogens with two attached hydrogens (primary N) is 1. The molecule has 0 bridgehead atoms. The Hall–Kier alpha value is -1.08. The molecule has 2 rings (SSSR count). The average molecular weight is 286 g/mol. The van der Waals surface area contributed by atoms with Gasteiger partial charge in [-0.05, 0) is 19.3 Å². The highest BCUT2D eigenvalue weighted by atomic mass is 32.2. The summed E-state index contributed by atoms with van der Waals surface area (Å²) in [4.78, 5) is 0.107. The van der Waals surface area contributed by atoms with Crippen molar-refractivity contribution in [2.45, 2.75) is 56.4 Å². The summed E-state index contributed by atoms with van der Waals surface area (Å²) in [5.74, 6) is 0.260. The van der Waals surface area contributed by atoms with Crippen molar-refractivity contribution in [3.8, 4) is 0 Å². The van der Waals surface area contributed by atoms with E-state index in [0.717, 1.165) is 38.5 Å². The molecule has 0 unspecified atom stereocenters. The van der Waals surface area contributed by atoms with Crippen molar-refractivity contribution in [3.63, 3.8) is 0 Å². The number of aromatic nitrogens is 2. The van der Waals surface area contributed by atoms with Crippen LogP contribution in [-0.4, -0.2) is 24.7 Å². The van der Waals surface area contributed by atoms with E-state index in [2.05, 4.69) is 9.82 Å². The molecule has 0 amide bonds. The first-order valence-corrected chi connectivity index (χ1v) is 8.37. The van der Waals surface area contributed by atoms with E-state index in [1.807, 2.05) is 6.92 Å². The molecule has 0 atom stereocenters. The quantitative estimate of drug-likeness (QED) is 0.778. The zero-order valence-electron chi connectivity index (χ0n) is 11.3. The SMILES string of the molecule is CCCCNS(=O)(=O)c1cnn(C2CCCC2)c1N. The number of rotatable bonds is 6. The highest BCUT2D eigenvalue weighted by Crippen LogP contribution is 2.32. The van der Waals surface area contributed by atoms with Gasteiger partial charge in [0.1, 0.15) is 10.7 Å². The second-order valence-electron chi connectivity index (χ2n) is 5.03. The molecule has 1 aliphatic rings. The topological polar surface area (TPSA) is 90.0 Å². The molecule has 1 aliphatic carbocycles. The predicted molar refractivity (Wildman–Crippen MR) is 74.2 cm³/mol. The van der Waals surface area contributed by atoms with Crippen molar-refractivity contribution in [2.75, 3.05) is 12.3 Å². The summed E-state index contributed by atoms with van der Waals surface area (Å²) in [5, 5.41) is 4.16. The Kier molecular flexibility index (Phi) is 4.46. The van der Waals surface area contributed by atoms with Gasteiger partial charge < -0.3 is 5.73 Å². The summed E-state index contributed by atoms with van der Waals surface area (Å²) < 4.78 is 28.5. The number of unbranched alkanes of at least 4 members (excludes halogenated alkanes) is 1. The van der Waals surface area contributed by atoms with Gasteiger partial charge in [-0.2, -0.15) is 5.10 Å². The lowest BCUT2D eigenvalue weighted by Gasteiger charge is -2.12. The lowest BCUT2D eigenvalue weighted by atomic mass is 10.2. The number of nitrogen functional groups attached to an aromatic ring is 1. The van der Waals surface area contributed by atoms with Gasteiger partial charge in [-0.15, -0.1) is 0 Å². The molecule has 0 aromatic carbocycles. The van der Waals surface area contributed by atoms with Crippen LogP contribution in [0.15, 0.2) is 11.1 Å². The normalized spacial score (nSPS) is 17.1. The van der Waals surface area contributed by atoms with Crippen LogP contribution in [0, 0.1) is 0 Å². The molecule has 0 aliphatic heterocycles. The molecular formula is C12H22N4O2S. The third kappa shape index (κ3) is 3.09. The molecule has 3 N–H and O–H groups in total. The van der Waals surface area contributed by atoms with Gasteiger partial charge in [0.25, 0.3) is 0 Å². The Balaban J connectivity index is 2.16. The summed E-state index contributed by atoms with van der Waals surface area (Å²) in [5.41, 5.74) is 5.95. The van der Waals surface area contributed by atoms with Gasteiger partial charge in [0.2, 0.25) is 10.0 Å². The molecule has 6 nitrogen and oxygen atoms in total. The molecule has 0 radical (unpaired) electrons. The maximum absolute atomic E-state index is 12.1. The van der Waals surface area contributed by atoms with Crippen molar-refractivity contribution >= 4 is 15.8 Å². The van der Waals surface area contributed by atoms with E-state index < -0.39 is 10.0 Å². The van der Waals surface area contributed by atoms with Crippen LogP contribution in [0.5, 0.6) is 0 Å². The van der Waals surface area contributed by atoms with Crippen molar-refractivity contribution < 1.29 is 8.42 Å². The molecule has 1 heterocycles. The molecule has 7 heteroatoms. The van der Waals surface area contributed by atoms with Gasteiger partial charge in [-0.25, -0.2) is 17.8 Å². The highest BCUT2D eigenvalue weighted by molar-refractivity contribution is 7.89. The second-order valence-corrected chi connectivity index (χ2v) is 6.76. The summed E-state index contributed by atoms with van der Waals surface area (Å²) in [6, 6.07) is 0.250. The molecular weight excluding hydrogens is 264 g/mol. The largest absolute Gasteiger partial charge is 0.383 e. The van der Waals surface area contributed by atoms with Gasteiger partial charge >= 0.3 is 0 Å². The fourth-order valence-corrected chi connectivity index (χ4v) is 3.59. The Morgan fingerprint density at radius 1 is 1.47 bits per heavy atom. The first-order chi connectivity index (χ1) is 9.06. The van der Waals surface area contributed by atoms with Crippen LogP contribution in [0.4, 0.5) is 5.82 Å². The van der Waals surface area contributed by atoms with Gasteiger partial charge in [0.15, 0.2) is 0 Å². The Morgan fingerprint density at radius 2 is 2.16 bits per heavy atom. The second kappa shape index (κ2) is 5.92. The number of nitrogens with zero attached hydrogens (tertiary/aromatic N) is 2. The van der Waals surface area contributed by atoms with Gasteiger partial charge in [0.05, 0.1) is 12.2 Å². The van der Waals surface area contributed by atoms with Crippen LogP contribution in [0.1, 0.15) is 51.5 Å². The molecule has 108 valence electrons. The maximum Gasteiger partial charge on any atom is 0.245 e. The maximum atomic E-state index is 12.1. The van der Waals surface area contributed by atoms with E-state index >= 15 is 0 Å². The minimum atomic E-state index is -3.53. The van der Waals surface area contributed by atoms with E-state index in [1.165, 1.54) is 6.20 Å². The van der Waals surface area contributed by atoms with Crippen molar-refractivity contribution in [1.82, 2.24) is 14.5 Å². The first kappa shape index (κ1) is 14.3. The van der Waals surface area contributed by atoms with Crippen LogP contribution >= 0.6 is 0 Å². The minimum absolute atomic E-state index is 0.107. The summed E-state index contributed by atoms with van der Waals surface area (Å²) in [6.45, 7) is 2.45. The number of nitrogens with one attached hydrogen (secondary N) is 1. The minimum Gasteiger partial charge on any atom is -0.383 e. The lowest BCUT2D eigenvalue weighted by Crippen LogP contribution is -2.25. The number of sulfonamides is 1. The Morgan fingerprint density at radius 3 is 2.79 bits per heavy atom. The van der Waals surface area contributed by atoms with E-state index in [4.69, 9.17) is 5.73 Å². The van der Waals surface area contributed by atoms with Crippen molar-refractivity contribution in [3.05, 3.63) is 6.20 Å². The van der Waals surface area contributed by atoms with Crippen molar-refractivity contribution in [2.24, 2.45) is 0 Å². The number of anilines is 1. The Bertz CT molecular complexity index is 518. The van der Waals surface area contributed by atoms with Crippen LogP contribution in [0.3, 0.4) is 0 Å². The van der Waals surface area contributed by atoms with Crippen LogP contribution in [-0.2, 0) is 10.0 Å². The first-order valence-electron chi connectivity index (χ1n) is 6.89. The molecule has 1 aromatic heterocycles. The number of hydrogen-bond acceptors (Lipinski definition) is 4. The Labute approximate surface area is 114 Å². The third-order valence-electron chi connectivity index (χ3n) is 3.58. The van der Waals surface area contributed by atoms with Crippen LogP contribution < -0.4 is 10.5 Å². The van der Waals surface area contributed by atoms with Crippen molar-refractivity contribution in [1.29, 1.82) is 0 Å². The van der Waals surface area contributed by atoms with E-state index in [9.17, 15) is 8.42 Å². The summed E-state index contributed by atoms with van der Waals surface area (Å²) >= 11 is 0. The fourth-order valence-electron chi connectivity index (χ4n) is 2.46. The molecule has 1 saturated carbocycles. The molecule has 1 fully saturated rings. The standard InChI is InChI=1S/C12H22N4O2S/c1-2-3-8-15-19(17,18)11-9-14-16(12(11)13)10-6-4-5-7-10/h9-10,15H,2-8,13H2,1H3. The average Bonchev–Trinajstić information content (AvgIpc) is 2.97. The lowest BCUT2D eigenvalue weighted by molar-refractivity contribution is 0.473. The van der Waals surface area contributed by atoms with E-state index in [1.54, 1.807) is 4.68 Å². The zero-order chi connectivity index (χ0) is 13.9. The zero-order valence-corrected chi connectivity index (χ0v) is 12.1. The van der Waals surface area contributed by atoms with E-state index in [-0.39, 0.29) is 16.8 Å². The van der Waals surface area contributed by atoms with Gasteiger partial charge in [-0.1, -0.05) is 26.2 Å². The van der Waals surface area contributed by atoms with Crippen LogP contribution in [0.2, 0.25) is 0 Å². The fraction of sp³-hybridized carbons (Fsp3) is 0.750. The number of hydrogen-bond donors (Lipinski definition) is 2. The monoisotopic (exact) mass is 286 g/mol. The summed E-state index contributed by atoms with van der Waals surface area (Å²) in [6.07, 6.45) is 7.47. The predicted octanol–water partition coefficient (Wildman–Crippen LogP) is 1.66. The highest BCUT2D eigenvalue weighted by Gasteiger charge is 2.26. The molecule has 19 heavy (non-hydrogen) atoms. The molecule has 0 spiro atoms. The van der Waals surface area contributed by atoms with E-state index in [0.29, 0.717) is 6.54 Å². The third-order valence-corrected chi connectivity index (χ3v) is 5.06.